The zero-order valence-electron chi connectivity index (χ0n) is 19.4. The van der Waals surface area contributed by atoms with Crippen LogP contribution in [-0.2, 0) is 0 Å². The molecule has 1 aliphatic rings. The molecule has 8 heteroatoms. The topological polar surface area (TPSA) is 83.8 Å². The van der Waals surface area contributed by atoms with E-state index in [4.69, 9.17) is 18.9 Å². The second kappa shape index (κ2) is 9.80. The summed E-state index contributed by atoms with van der Waals surface area (Å²) in [5.74, 6) is 2.22. The molecule has 1 atom stereocenters. The lowest BCUT2D eigenvalue weighted by molar-refractivity contribution is 0.0786. The molecular formula is C27H25N3O5. The fourth-order valence-corrected chi connectivity index (χ4v) is 3.92. The summed E-state index contributed by atoms with van der Waals surface area (Å²) in [6.07, 6.45) is 1.52. The summed E-state index contributed by atoms with van der Waals surface area (Å²) in [5.41, 5.74) is 2.58. The number of aromatic nitrogens is 2. The fraction of sp³-hybridized carbons (Fsp3) is 0.185. The predicted octanol–water partition coefficient (Wildman–Crippen LogP) is 4.13. The van der Waals surface area contributed by atoms with Crippen molar-refractivity contribution in [1.29, 1.82) is 0 Å². The third-order valence-corrected chi connectivity index (χ3v) is 5.70. The largest absolute Gasteiger partial charge is 0.493 e. The maximum Gasteiger partial charge on any atom is 0.272 e. The lowest BCUT2D eigenvalue weighted by Gasteiger charge is -2.26. The van der Waals surface area contributed by atoms with Crippen molar-refractivity contribution in [2.45, 2.75) is 6.10 Å². The van der Waals surface area contributed by atoms with Crippen molar-refractivity contribution in [2.24, 2.45) is 0 Å². The van der Waals surface area contributed by atoms with Crippen LogP contribution in [0.2, 0.25) is 0 Å². The van der Waals surface area contributed by atoms with E-state index < -0.39 is 0 Å². The van der Waals surface area contributed by atoms with Crippen molar-refractivity contribution in [3.8, 4) is 39.8 Å². The summed E-state index contributed by atoms with van der Waals surface area (Å²) in [4.78, 5) is 13.3. The molecule has 0 bridgehead atoms. The van der Waals surface area contributed by atoms with E-state index in [9.17, 15) is 4.79 Å². The number of rotatable bonds is 7. The van der Waals surface area contributed by atoms with Crippen LogP contribution in [0, 0.1) is 0 Å². The van der Waals surface area contributed by atoms with E-state index in [1.807, 2.05) is 72.9 Å². The Balaban J connectivity index is 1.42. The molecule has 0 aliphatic carbocycles. The van der Waals surface area contributed by atoms with Crippen LogP contribution in [0.5, 0.6) is 23.0 Å². The molecule has 2 heterocycles. The van der Waals surface area contributed by atoms with Crippen molar-refractivity contribution in [2.75, 3.05) is 27.4 Å². The van der Waals surface area contributed by atoms with E-state index in [0.29, 0.717) is 40.9 Å². The van der Waals surface area contributed by atoms with Gasteiger partial charge in [-0.05, 0) is 42.0 Å². The SMILES string of the molecule is COc1ccc(-c2cn(-c3ccccc3)nc2C(=O)NCC2COc3ccccc3O2)cc1OC. The average Bonchev–Trinajstić information content (AvgIpc) is 3.37. The molecule has 1 aromatic heterocycles. The van der Waals surface area contributed by atoms with Gasteiger partial charge in [0.25, 0.3) is 5.91 Å². The zero-order chi connectivity index (χ0) is 24.2. The Labute approximate surface area is 203 Å². The van der Waals surface area contributed by atoms with Gasteiger partial charge in [-0.15, -0.1) is 0 Å². The van der Waals surface area contributed by atoms with Gasteiger partial charge in [0.1, 0.15) is 12.7 Å². The number of hydrogen-bond acceptors (Lipinski definition) is 6. The highest BCUT2D eigenvalue weighted by Crippen LogP contribution is 2.34. The molecule has 8 nitrogen and oxygen atoms in total. The Morgan fingerprint density at radius 3 is 2.51 bits per heavy atom. The molecule has 0 spiro atoms. The summed E-state index contributed by atoms with van der Waals surface area (Å²) >= 11 is 0. The first kappa shape index (κ1) is 22.3. The summed E-state index contributed by atoms with van der Waals surface area (Å²) in [5, 5.41) is 7.56. The van der Waals surface area contributed by atoms with Gasteiger partial charge in [0.15, 0.2) is 28.7 Å². The van der Waals surface area contributed by atoms with E-state index in [1.54, 1.807) is 25.0 Å². The Morgan fingerprint density at radius 2 is 1.74 bits per heavy atom. The smallest absolute Gasteiger partial charge is 0.272 e. The Kier molecular flexibility index (Phi) is 6.26. The molecule has 1 amide bonds. The molecule has 35 heavy (non-hydrogen) atoms. The number of hydrogen-bond donors (Lipinski definition) is 1. The molecule has 1 aliphatic heterocycles. The lowest BCUT2D eigenvalue weighted by atomic mass is 10.1. The van der Waals surface area contributed by atoms with Crippen LogP contribution in [0.3, 0.4) is 0 Å². The van der Waals surface area contributed by atoms with E-state index in [1.165, 1.54) is 0 Å². The van der Waals surface area contributed by atoms with Crippen molar-refractivity contribution in [3.05, 3.63) is 84.7 Å². The molecule has 1 unspecified atom stereocenters. The number of ether oxygens (including phenoxy) is 4. The second-order valence-electron chi connectivity index (χ2n) is 7.95. The quantitative estimate of drug-likeness (QED) is 0.437. The summed E-state index contributed by atoms with van der Waals surface area (Å²) in [7, 11) is 3.16. The van der Waals surface area contributed by atoms with E-state index in [-0.39, 0.29) is 18.6 Å². The minimum atomic E-state index is -0.313. The maximum absolute atomic E-state index is 13.3. The molecule has 4 aromatic rings. The minimum Gasteiger partial charge on any atom is -0.493 e. The van der Waals surface area contributed by atoms with Gasteiger partial charge in [0, 0.05) is 11.8 Å². The van der Waals surface area contributed by atoms with Gasteiger partial charge in [-0.25, -0.2) is 4.68 Å². The van der Waals surface area contributed by atoms with Crippen LogP contribution in [0.25, 0.3) is 16.8 Å². The summed E-state index contributed by atoms with van der Waals surface area (Å²) in [6.45, 7) is 0.620. The van der Waals surface area contributed by atoms with E-state index in [0.717, 1.165) is 11.3 Å². The Hall–Kier alpha value is -4.46. The van der Waals surface area contributed by atoms with Gasteiger partial charge in [-0.3, -0.25) is 4.79 Å². The van der Waals surface area contributed by atoms with Crippen LogP contribution < -0.4 is 24.3 Å². The number of nitrogens with zero attached hydrogens (tertiary/aromatic N) is 2. The summed E-state index contributed by atoms with van der Waals surface area (Å²) in [6, 6.07) is 22.6. The predicted molar refractivity (Wildman–Crippen MR) is 131 cm³/mol. The van der Waals surface area contributed by atoms with Crippen LogP contribution in [0.4, 0.5) is 0 Å². The van der Waals surface area contributed by atoms with Gasteiger partial charge >= 0.3 is 0 Å². The van der Waals surface area contributed by atoms with Crippen LogP contribution in [0.15, 0.2) is 79.0 Å². The van der Waals surface area contributed by atoms with Crippen LogP contribution in [0.1, 0.15) is 10.5 Å². The molecular weight excluding hydrogens is 446 g/mol. The molecule has 0 saturated heterocycles. The van der Waals surface area contributed by atoms with E-state index >= 15 is 0 Å². The summed E-state index contributed by atoms with van der Waals surface area (Å²) < 4.78 is 24.2. The first-order chi connectivity index (χ1) is 17.2. The lowest BCUT2D eigenvalue weighted by Crippen LogP contribution is -2.41. The highest BCUT2D eigenvalue weighted by Gasteiger charge is 2.24. The normalized spacial score (nSPS) is 14.3. The molecule has 178 valence electrons. The highest BCUT2D eigenvalue weighted by atomic mass is 16.6. The molecule has 1 N–H and O–H groups in total. The standard InChI is InChI=1S/C27H25N3O5/c1-32-22-13-12-18(14-25(22)33-2)21-16-30(19-8-4-3-5-9-19)29-26(21)27(31)28-15-20-17-34-23-10-6-7-11-24(23)35-20/h3-14,16,20H,15,17H2,1-2H3,(H,28,31). The highest BCUT2D eigenvalue weighted by molar-refractivity contribution is 5.99. The number of carbonyl (C=O) groups is 1. The first-order valence-electron chi connectivity index (χ1n) is 11.2. The maximum atomic E-state index is 13.3. The first-order valence-corrected chi connectivity index (χ1v) is 11.2. The number of amides is 1. The monoisotopic (exact) mass is 471 g/mol. The van der Waals surface area contributed by atoms with Crippen LogP contribution in [-0.4, -0.2) is 49.2 Å². The Morgan fingerprint density at radius 1 is 1.00 bits per heavy atom. The number of benzene rings is 3. The van der Waals surface area contributed by atoms with Crippen LogP contribution >= 0.6 is 0 Å². The zero-order valence-corrected chi connectivity index (χ0v) is 19.4. The molecule has 3 aromatic carbocycles. The van der Waals surface area contributed by atoms with Crippen molar-refractivity contribution < 1.29 is 23.7 Å². The second-order valence-corrected chi connectivity index (χ2v) is 7.95. The van der Waals surface area contributed by atoms with Crippen molar-refractivity contribution in [1.82, 2.24) is 15.1 Å². The Bertz CT molecular complexity index is 1340. The van der Waals surface area contributed by atoms with Gasteiger partial charge in [0.2, 0.25) is 0 Å². The number of para-hydroxylation sites is 3. The third kappa shape index (κ3) is 4.63. The number of nitrogens with one attached hydrogen (secondary N) is 1. The minimum absolute atomic E-state index is 0.275. The molecule has 0 fully saturated rings. The number of fused-ring (bicyclic) bond motifs is 1. The molecule has 5 rings (SSSR count). The van der Waals surface area contributed by atoms with Gasteiger partial charge in [-0.2, -0.15) is 5.10 Å². The van der Waals surface area contributed by atoms with E-state index in [2.05, 4.69) is 10.4 Å². The number of methoxy groups -OCH3 is 2. The van der Waals surface area contributed by atoms with Gasteiger partial charge in [-0.1, -0.05) is 36.4 Å². The molecule has 0 saturated carbocycles. The fourth-order valence-electron chi connectivity index (χ4n) is 3.92. The molecule has 0 radical (unpaired) electrons. The van der Waals surface area contributed by atoms with Gasteiger partial charge in [0.05, 0.1) is 26.5 Å². The number of carbonyl (C=O) groups excluding carboxylic acids is 1. The average molecular weight is 472 g/mol. The van der Waals surface area contributed by atoms with Crippen molar-refractivity contribution >= 4 is 5.91 Å². The van der Waals surface area contributed by atoms with Gasteiger partial charge < -0.3 is 24.3 Å². The van der Waals surface area contributed by atoms with Crippen molar-refractivity contribution in [3.63, 3.8) is 0 Å². The third-order valence-electron chi connectivity index (χ3n) is 5.70.